The van der Waals surface area contributed by atoms with Gasteiger partial charge in [0, 0.05) is 39.0 Å². The summed E-state index contributed by atoms with van der Waals surface area (Å²) in [6.07, 6.45) is 5.22. The Hall–Kier alpha value is -1.36. The fraction of sp³-hybridized carbons (Fsp3) is 0.583. The number of nitrogens with zero attached hydrogens (tertiary/aromatic N) is 3. The summed E-state index contributed by atoms with van der Waals surface area (Å²) in [6, 6.07) is 0. The zero-order chi connectivity index (χ0) is 13.0. The van der Waals surface area contributed by atoms with E-state index in [0.717, 1.165) is 32.5 Å². The van der Waals surface area contributed by atoms with Gasteiger partial charge >= 0.3 is 0 Å². The molecule has 1 aromatic rings. The molecular formula is C12H17ClN4O. The second kappa shape index (κ2) is 6.00. The Morgan fingerprint density at radius 3 is 2.72 bits per heavy atom. The number of carbonyl (C=O) groups excluding carboxylic acids is 1. The molecule has 0 radical (unpaired) electrons. The lowest BCUT2D eigenvalue weighted by Crippen LogP contribution is -2.38. The van der Waals surface area contributed by atoms with E-state index in [1.165, 1.54) is 0 Å². The van der Waals surface area contributed by atoms with Crippen LogP contribution in [0.15, 0.2) is 12.4 Å². The SMILES string of the molecule is CC(=O)N1CCC(CNc2nccnc2Cl)CC1. The van der Waals surface area contributed by atoms with Crippen molar-refractivity contribution in [2.24, 2.45) is 5.92 Å². The lowest BCUT2D eigenvalue weighted by Gasteiger charge is -2.31. The van der Waals surface area contributed by atoms with Gasteiger partial charge in [-0.3, -0.25) is 4.79 Å². The Bertz CT molecular complexity index is 418. The van der Waals surface area contributed by atoms with Crippen LogP contribution in [0.5, 0.6) is 0 Å². The molecule has 0 atom stereocenters. The first-order chi connectivity index (χ1) is 8.66. The normalized spacial score (nSPS) is 16.7. The molecule has 98 valence electrons. The molecule has 1 fully saturated rings. The van der Waals surface area contributed by atoms with Gasteiger partial charge in [0.25, 0.3) is 0 Å². The highest BCUT2D eigenvalue weighted by Crippen LogP contribution is 2.19. The predicted octanol–water partition coefficient (Wildman–Crippen LogP) is 1.80. The zero-order valence-electron chi connectivity index (χ0n) is 10.4. The Morgan fingerprint density at radius 2 is 2.11 bits per heavy atom. The van der Waals surface area contributed by atoms with Gasteiger partial charge in [-0.2, -0.15) is 0 Å². The molecule has 1 amide bonds. The minimum Gasteiger partial charge on any atom is -0.367 e. The molecule has 2 rings (SSSR count). The summed E-state index contributed by atoms with van der Waals surface area (Å²) in [5.74, 6) is 1.35. The van der Waals surface area contributed by atoms with Crippen molar-refractivity contribution in [3.05, 3.63) is 17.5 Å². The van der Waals surface area contributed by atoms with Crippen LogP contribution in [-0.4, -0.2) is 40.4 Å². The number of likely N-dealkylation sites (tertiary alicyclic amines) is 1. The first-order valence-electron chi connectivity index (χ1n) is 6.12. The Balaban J connectivity index is 1.79. The van der Waals surface area contributed by atoms with Gasteiger partial charge in [0.15, 0.2) is 11.0 Å². The van der Waals surface area contributed by atoms with E-state index in [4.69, 9.17) is 11.6 Å². The van der Waals surface area contributed by atoms with Crippen molar-refractivity contribution < 1.29 is 4.79 Å². The van der Waals surface area contributed by atoms with Crippen molar-refractivity contribution in [3.63, 3.8) is 0 Å². The summed E-state index contributed by atoms with van der Waals surface area (Å²) < 4.78 is 0. The lowest BCUT2D eigenvalue weighted by atomic mass is 9.97. The third-order valence-electron chi connectivity index (χ3n) is 3.27. The largest absolute Gasteiger partial charge is 0.367 e. The van der Waals surface area contributed by atoms with Gasteiger partial charge in [-0.25, -0.2) is 9.97 Å². The third kappa shape index (κ3) is 3.32. The van der Waals surface area contributed by atoms with Crippen molar-refractivity contribution in [2.45, 2.75) is 19.8 Å². The van der Waals surface area contributed by atoms with Crippen molar-refractivity contribution in [3.8, 4) is 0 Å². The molecule has 6 heteroatoms. The first-order valence-corrected chi connectivity index (χ1v) is 6.50. The van der Waals surface area contributed by atoms with Gasteiger partial charge in [-0.05, 0) is 18.8 Å². The maximum absolute atomic E-state index is 11.2. The van der Waals surface area contributed by atoms with E-state index in [9.17, 15) is 4.79 Å². The van der Waals surface area contributed by atoms with Crippen LogP contribution < -0.4 is 5.32 Å². The third-order valence-corrected chi connectivity index (χ3v) is 3.55. The molecule has 0 aromatic carbocycles. The molecule has 0 spiro atoms. The van der Waals surface area contributed by atoms with Gasteiger partial charge in [-0.1, -0.05) is 11.6 Å². The van der Waals surface area contributed by atoms with E-state index in [1.807, 2.05) is 4.90 Å². The maximum atomic E-state index is 11.2. The van der Waals surface area contributed by atoms with Gasteiger partial charge < -0.3 is 10.2 Å². The summed E-state index contributed by atoms with van der Waals surface area (Å²) in [5.41, 5.74) is 0. The Kier molecular flexibility index (Phi) is 4.36. The molecule has 1 aliphatic heterocycles. The Labute approximate surface area is 112 Å². The number of rotatable bonds is 3. The van der Waals surface area contributed by atoms with Gasteiger partial charge in [0.05, 0.1) is 0 Å². The molecule has 1 N–H and O–H groups in total. The predicted molar refractivity (Wildman–Crippen MR) is 70.5 cm³/mol. The summed E-state index contributed by atoms with van der Waals surface area (Å²) in [5, 5.41) is 3.62. The minimum atomic E-state index is 0.165. The molecule has 0 unspecified atom stereocenters. The first kappa shape index (κ1) is 13.1. The number of amides is 1. The highest BCUT2D eigenvalue weighted by Gasteiger charge is 2.20. The fourth-order valence-corrected chi connectivity index (χ4v) is 2.30. The van der Waals surface area contributed by atoms with Gasteiger partial charge in [-0.15, -0.1) is 0 Å². The molecule has 18 heavy (non-hydrogen) atoms. The second-order valence-electron chi connectivity index (χ2n) is 4.53. The van der Waals surface area contributed by atoms with E-state index >= 15 is 0 Å². The highest BCUT2D eigenvalue weighted by molar-refractivity contribution is 6.31. The van der Waals surface area contributed by atoms with Crippen LogP contribution in [0.3, 0.4) is 0 Å². The zero-order valence-corrected chi connectivity index (χ0v) is 11.2. The number of hydrogen-bond acceptors (Lipinski definition) is 4. The Morgan fingerprint density at radius 1 is 1.44 bits per heavy atom. The minimum absolute atomic E-state index is 0.165. The highest BCUT2D eigenvalue weighted by atomic mass is 35.5. The average Bonchev–Trinajstić information content (AvgIpc) is 2.38. The molecule has 0 bridgehead atoms. The number of anilines is 1. The molecule has 0 saturated carbocycles. The van der Waals surface area contributed by atoms with E-state index in [2.05, 4.69) is 15.3 Å². The van der Waals surface area contributed by atoms with E-state index in [0.29, 0.717) is 16.9 Å². The van der Waals surface area contributed by atoms with Crippen LogP contribution in [0, 0.1) is 5.92 Å². The number of aromatic nitrogens is 2. The lowest BCUT2D eigenvalue weighted by molar-refractivity contribution is -0.130. The average molecular weight is 269 g/mol. The van der Waals surface area contributed by atoms with E-state index in [-0.39, 0.29) is 5.91 Å². The van der Waals surface area contributed by atoms with Crippen LogP contribution in [0.4, 0.5) is 5.82 Å². The number of halogens is 1. The number of hydrogen-bond donors (Lipinski definition) is 1. The molecular weight excluding hydrogens is 252 g/mol. The molecule has 2 heterocycles. The molecule has 5 nitrogen and oxygen atoms in total. The number of carbonyl (C=O) groups is 1. The summed E-state index contributed by atoms with van der Waals surface area (Å²) >= 11 is 5.92. The standard InChI is InChI=1S/C12H17ClN4O/c1-9(18)17-6-2-10(3-7-17)8-16-12-11(13)14-4-5-15-12/h4-5,10H,2-3,6-8H2,1H3,(H,15,16). The number of piperidine rings is 1. The molecule has 1 saturated heterocycles. The van der Waals surface area contributed by atoms with Crippen molar-refractivity contribution in [1.82, 2.24) is 14.9 Å². The van der Waals surface area contributed by atoms with Gasteiger partial charge in [0.2, 0.25) is 5.91 Å². The van der Waals surface area contributed by atoms with Gasteiger partial charge in [0.1, 0.15) is 0 Å². The maximum Gasteiger partial charge on any atom is 0.219 e. The van der Waals surface area contributed by atoms with Crippen LogP contribution in [-0.2, 0) is 4.79 Å². The molecule has 1 aliphatic rings. The quantitative estimate of drug-likeness (QED) is 0.908. The van der Waals surface area contributed by atoms with Crippen LogP contribution in [0.2, 0.25) is 5.15 Å². The van der Waals surface area contributed by atoms with Crippen molar-refractivity contribution >= 4 is 23.3 Å². The van der Waals surface area contributed by atoms with Crippen LogP contribution in [0.25, 0.3) is 0 Å². The molecule has 1 aromatic heterocycles. The monoisotopic (exact) mass is 268 g/mol. The second-order valence-corrected chi connectivity index (χ2v) is 4.88. The topological polar surface area (TPSA) is 58.1 Å². The van der Waals surface area contributed by atoms with Crippen LogP contribution in [0.1, 0.15) is 19.8 Å². The van der Waals surface area contributed by atoms with Crippen molar-refractivity contribution in [1.29, 1.82) is 0 Å². The fourth-order valence-electron chi connectivity index (χ4n) is 2.13. The summed E-state index contributed by atoms with van der Waals surface area (Å²) in [6.45, 7) is 4.13. The van der Waals surface area contributed by atoms with E-state index in [1.54, 1.807) is 19.3 Å². The smallest absolute Gasteiger partial charge is 0.219 e. The summed E-state index contributed by atoms with van der Waals surface area (Å²) in [7, 11) is 0. The van der Waals surface area contributed by atoms with Crippen LogP contribution >= 0.6 is 11.6 Å². The van der Waals surface area contributed by atoms with E-state index < -0.39 is 0 Å². The molecule has 0 aliphatic carbocycles. The number of nitrogens with one attached hydrogen (secondary N) is 1. The van der Waals surface area contributed by atoms with Crippen molar-refractivity contribution in [2.75, 3.05) is 25.0 Å². The summed E-state index contributed by atoms with van der Waals surface area (Å²) in [4.78, 5) is 21.2.